The zero-order chi connectivity index (χ0) is 17.6. The van der Waals surface area contributed by atoms with Crippen molar-refractivity contribution in [3.05, 3.63) is 53.9 Å². The van der Waals surface area contributed by atoms with E-state index < -0.39 is 0 Å². The Hall–Kier alpha value is -3.28. The molecule has 6 heteroatoms. The van der Waals surface area contributed by atoms with Gasteiger partial charge in [0.15, 0.2) is 0 Å². The van der Waals surface area contributed by atoms with Crippen molar-refractivity contribution in [2.75, 3.05) is 5.73 Å². The van der Waals surface area contributed by atoms with Crippen LogP contribution in [0.4, 0.5) is 5.95 Å². The molecular weight excluding hydrogens is 312 g/mol. The number of fused-ring (bicyclic) bond motifs is 1. The lowest BCUT2D eigenvalue weighted by Gasteiger charge is -2.08. The van der Waals surface area contributed by atoms with Gasteiger partial charge in [0.2, 0.25) is 5.95 Å². The second-order valence-electron chi connectivity index (χ2n) is 6.03. The van der Waals surface area contributed by atoms with E-state index in [1.54, 1.807) is 0 Å². The van der Waals surface area contributed by atoms with Gasteiger partial charge in [-0.2, -0.15) is 5.10 Å². The Bertz CT molecular complexity index is 1080. The van der Waals surface area contributed by atoms with Crippen LogP contribution in [0.2, 0.25) is 0 Å². The molecule has 4 aromatic rings. The molecule has 0 saturated heterocycles. The number of hydrogen-bond donors (Lipinski definition) is 1. The quantitative estimate of drug-likeness (QED) is 0.610. The van der Waals surface area contributed by atoms with E-state index in [0.29, 0.717) is 0 Å². The van der Waals surface area contributed by atoms with Gasteiger partial charge in [0.25, 0.3) is 0 Å². The van der Waals surface area contributed by atoms with Gasteiger partial charge < -0.3 is 5.73 Å². The molecular formula is C19H18N6. The van der Waals surface area contributed by atoms with E-state index in [-0.39, 0.29) is 5.95 Å². The van der Waals surface area contributed by atoms with Crippen LogP contribution in [0.1, 0.15) is 11.4 Å². The molecule has 124 valence electrons. The summed E-state index contributed by atoms with van der Waals surface area (Å²) in [7, 11) is 1.94. The summed E-state index contributed by atoms with van der Waals surface area (Å²) < 4.78 is 1.87. The fourth-order valence-electron chi connectivity index (χ4n) is 3.11. The lowest BCUT2D eigenvalue weighted by molar-refractivity contribution is 0.731. The van der Waals surface area contributed by atoms with E-state index in [0.717, 1.165) is 44.9 Å². The van der Waals surface area contributed by atoms with Crippen molar-refractivity contribution in [3.63, 3.8) is 0 Å². The van der Waals surface area contributed by atoms with Gasteiger partial charge in [0.05, 0.1) is 16.9 Å². The Balaban J connectivity index is 2.01. The number of nitrogens with two attached hydrogens (primary N) is 1. The van der Waals surface area contributed by atoms with Gasteiger partial charge in [-0.25, -0.2) is 15.0 Å². The molecule has 0 aliphatic heterocycles. The Morgan fingerprint density at radius 2 is 1.68 bits per heavy atom. The number of pyridine rings is 1. The number of benzene rings is 1. The summed E-state index contributed by atoms with van der Waals surface area (Å²) in [5.74, 6) is 0.245. The monoisotopic (exact) mass is 330 g/mol. The smallest absolute Gasteiger partial charge is 0.221 e. The summed E-state index contributed by atoms with van der Waals surface area (Å²) in [6, 6.07) is 13.8. The first-order chi connectivity index (χ1) is 12.0. The highest BCUT2D eigenvalue weighted by Gasteiger charge is 2.16. The van der Waals surface area contributed by atoms with Crippen LogP contribution in [0.5, 0.6) is 0 Å². The fourth-order valence-corrected chi connectivity index (χ4v) is 3.11. The normalized spacial score (nSPS) is 11.2. The first kappa shape index (κ1) is 15.3. The zero-order valence-corrected chi connectivity index (χ0v) is 14.4. The molecule has 6 nitrogen and oxygen atoms in total. The third kappa shape index (κ3) is 2.52. The third-order valence-corrected chi connectivity index (χ3v) is 4.37. The summed E-state index contributed by atoms with van der Waals surface area (Å²) >= 11 is 0. The molecule has 0 saturated carbocycles. The Morgan fingerprint density at radius 1 is 0.920 bits per heavy atom. The molecule has 3 aromatic heterocycles. The number of anilines is 1. The highest BCUT2D eigenvalue weighted by Crippen LogP contribution is 2.30. The van der Waals surface area contributed by atoms with Crippen LogP contribution in [-0.2, 0) is 7.05 Å². The van der Waals surface area contributed by atoms with Crippen molar-refractivity contribution in [3.8, 4) is 22.5 Å². The largest absolute Gasteiger partial charge is 0.368 e. The number of aryl methyl sites for hydroxylation is 2. The minimum Gasteiger partial charge on any atom is -0.368 e. The molecule has 0 unspecified atom stereocenters. The van der Waals surface area contributed by atoms with Crippen LogP contribution in [0.25, 0.3) is 33.5 Å². The minimum absolute atomic E-state index is 0.245. The summed E-state index contributed by atoms with van der Waals surface area (Å²) in [4.78, 5) is 13.6. The van der Waals surface area contributed by atoms with E-state index in [1.165, 1.54) is 0 Å². The summed E-state index contributed by atoms with van der Waals surface area (Å²) in [5, 5.41) is 4.49. The lowest BCUT2D eigenvalue weighted by Crippen LogP contribution is -2.00. The van der Waals surface area contributed by atoms with Gasteiger partial charge in [-0.3, -0.25) is 4.68 Å². The highest BCUT2D eigenvalue weighted by molar-refractivity contribution is 5.91. The first-order valence-electron chi connectivity index (χ1n) is 8.05. The minimum atomic E-state index is 0.245. The molecule has 0 atom stereocenters. The van der Waals surface area contributed by atoms with Crippen LogP contribution >= 0.6 is 0 Å². The molecule has 0 aliphatic carbocycles. The van der Waals surface area contributed by atoms with Gasteiger partial charge in [0.1, 0.15) is 11.2 Å². The number of nitrogen functional groups attached to an aromatic ring is 1. The zero-order valence-electron chi connectivity index (χ0n) is 14.4. The predicted octanol–water partition coefficient (Wildman–Crippen LogP) is 3.29. The third-order valence-electron chi connectivity index (χ3n) is 4.37. The molecule has 0 radical (unpaired) electrons. The van der Waals surface area contributed by atoms with E-state index in [2.05, 4.69) is 15.1 Å². The molecule has 2 N–H and O–H groups in total. The van der Waals surface area contributed by atoms with Gasteiger partial charge in [-0.05, 0) is 26.0 Å². The first-order valence-corrected chi connectivity index (χ1v) is 8.05. The van der Waals surface area contributed by atoms with Crippen LogP contribution in [0, 0.1) is 13.8 Å². The number of hydrogen-bond acceptors (Lipinski definition) is 5. The highest BCUT2D eigenvalue weighted by atomic mass is 15.3. The second kappa shape index (κ2) is 5.66. The Morgan fingerprint density at radius 3 is 2.36 bits per heavy atom. The average Bonchev–Trinajstić information content (AvgIpc) is 2.87. The van der Waals surface area contributed by atoms with Crippen molar-refractivity contribution < 1.29 is 0 Å². The van der Waals surface area contributed by atoms with E-state index in [4.69, 9.17) is 10.7 Å². The average molecular weight is 330 g/mol. The maximum absolute atomic E-state index is 5.90. The van der Waals surface area contributed by atoms with Crippen LogP contribution < -0.4 is 5.73 Å². The van der Waals surface area contributed by atoms with E-state index in [9.17, 15) is 0 Å². The number of nitrogens with zero attached hydrogens (tertiary/aromatic N) is 5. The molecule has 0 spiro atoms. The summed E-state index contributed by atoms with van der Waals surface area (Å²) in [6.45, 7) is 4.03. The van der Waals surface area contributed by atoms with E-state index in [1.807, 2.05) is 68.0 Å². The number of aromatic nitrogens is 5. The molecule has 1 aromatic carbocycles. The van der Waals surface area contributed by atoms with Gasteiger partial charge in [0, 0.05) is 23.9 Å². The second-order valence-corrected chi connectivity index (χ2v) is 6.03. The molecule has 0 bridgehead atoms. The molecule has 4 rings (SSSR count). The SMILES string of the molecule is Cc1nn(C)c(C)c1-c1ccc2nc(N)nc(-c3ccccc3)c2n1. The van der Waals surface area contributed by atoms with Crippen LogP contribution in [-0.4, -0.2) is 24.7 Å². The van der Waals surface area contributed by atoms with Crippen molar-refractivity contribution in [1.82, 2.24) is 24.7 Å². The molecule has 0 aliphatic rings. The maximum Gasteiger partial charge on any atom is 0.221 e. The van der Waals surface area contributed by atoms with Crippen molar-refractivity contribution in [1.29, 1.82) is 0 Å². The lowest BCUT2D eigenvalue weighted by atomic mass is 10.1. The number of rotatable bonds is 2. The Labute approximate surface area is 145 Å². The van der Waals surface area contributed by atoms with Crippen LogP contribution in [0.15, 0.2) is 42.5 Å². The molecule has 0 amide bonds. The van der Waals surface area contributed by atoms with Gasteiger partial charge in [-0.1, -0.05) is 30.3 Å². The van der Waals surface area contributed by atoms with E-state index >= 15 is 0 Å². The topological polar surface area (TPSA) is 82.5 Å². The van der Waals surface area contributed by atoms with Crippen molar-refractivity contribution in [2.24, 2.45) is 7.05 Å². The fraction of sp³-hybridized carbons (Fsp3) is 0.158. The molecule has 3 heterocycles. The van der Waals surface area contributed by atoms with Gasteiger partial charge >= 0.3 is 0 Å². The van der Waals surface area contributed by atoms with Crippen LogP contribution in [0.3, 0.4) is 0 Å². The van der Waals surface area contributed by atoms with Crippen molar-refractivity contribution in [2.45, 2.75) is 13.8 Å². The summed E-state index contributed by atoms with van der Waals surface area (Å²) in [5.41, 5.74) is 13.0. The predicted molar refractivity (Wildman–Crippen MR) is 98.9 cm³/mol. The Kier molecular flexibility index (Phi) is 3.46. The maximum atomic E-state index is 5.90. The molecule has 25 heavy (non-hydrogen) atoms. The summed E-state index contributed by atoms with van der Waals surface area (Å²) in [6.07, 6.45) is 0. The van der Waals surface area contributed by atoms with Gasteiger partial charge in [-0.15, -0.1) is 0 Å². The molecule has 0 fully saturated rings. The standard InChI is InChI=1S/C19H18N6/c1-11-16(12(2)25(3)24-11)14-9-10-15-18(21-14)17(23-19(20)22-15)13-7-5-4-6-8-13/h4-10H,1-3H3,(H2,20,22,23). The van der Waals surface area contributed by atoms with Crippen molar-refractivity contribution >= 4 is 17.0 Å².